The number of ether oxygens (including phenoxy) is 2. The first-order valence-electron chi connectivity index (χ1n) is 5.87. The first-order chi connectivity index (χ1) is 9.74. The van der Waals surface area contributed by atoms with Crippen molar-refractivity contribution in [1.29, 1.82) is 0 Å². The predicted octanol–water partition coefficient (Wildman–Crippen LogP) is 4.28. The molecule has 1 heterocycles. The molecule has 0 radical (unpaired) electrons. The van der Waals surface area contributed by atoms with Gasteiger partial charge in [-0.15, -0.1) is 0 Å². The maximum absolute atomic E-state index is 6.03. The van der Waals surface area contributed by atoms with E-state index in [0.29, 0.717) is 10.8 Å². The fraction of sp³-hybridized carbons (Fsp3) is 0.0714. The summed E-state index contributed by atoms with van der Waals surface area (Å²) in [7, 11) is 0. The highest BCUT2D eigenvalue weighted by Crippen LogP contribution is 2.36. The highest BCUT2D eigenvalue weighted by atomic mass is 79.9. The Balaban J connectivity index is 1.78. The van der Waals surface area contributed by atoms with Crippen molar-refractivity contribution in [3.8, 4) is 11.5 Å². The second kappa shape index (κ2) is 5.73. The van der Waals surface area contributed by atoms with Crippen LogP contribution in [0, 0.1) is 0 Å². The Bertz CT molecular complexity index is 676. The summed E-state index contributed by atoms with van der Waals surface area (Å²) in [4.78, 5) is 0. The van der Waals surface area contributed by atoms with Crippen LogP contribution in [0.4, 0.5) is 5.69 Å². The van der Waals surface area contributed by atoms with Crippen LogP contribution in [0.5, 0.6) is 11.5 Å². The standard InChI is InChI=1S/C14H10BrClN2O2/c15-10-6-14-13(19-8-20-14)5-9(10)7-17-18-12-4-2-1-3-11(12)16/h1-7,18H,8H2/b17-7-. The van der Waals surface area contributed by atoms with Crippen LogP contribution in [0.15, 0.2) is 46.0 Å². The molecule has 1 aliphatic heterocycles. The molecule has 0 saturated carbocycles. The van der Waals surface area contributed by atoms with Crippen molar-refractivity contribution in [1.82, 2.24) is 0 Å². The Labute approximate surface area is 129 Å². The molecule has 3 rings (SSSR count). The Morgan fingerprint density at radius 2 is 1.95 bits per heavy atom. The third kappa shape index (κ3) is 2.73. The van der Waals surface area contributed by atoms with E-state index in [-0.39, 0.29) is 6.79 Å². The van der Waals surface area contributed by atoms with Gasteiger partial charge in [-0.2, -0.15) is 5.10 Å². The Morgan fingerprint density at radius 1 is 1.20 bits per heavy atom. The van der Waals surface area contributed by atoms with Crippen molar-refractivity contribution < 1.29 is 9.47 Å². The van der Waals surface area contributed by atoms with Crippen LogP contribution < -0.4 is 14.9 Å². The van der Waals surface area contributed by atoms with Crippen LogP contribution in [0.1, 0.15) is 5.56 Å². The van der Waals surface area contributed by atoms with Gasteiger partial charge in [-0.3, -0.25) is 5.43 Å². The number of para-hydroxylation sites is 1. The minimum absolute atomic E-state index is 0.250. The SMILES string of the molecule is Clc1ccccc1N/N=C\c1cc2c(cc1Br)OCO2. The minimum Gasteiger partial charge on any atom is -0.454 e. The molecular weight excluding hydrogens is 344 g/mol. The molecule has 0 bridgehead atoms. The normalized spacial score (nSPS) is 12.9. The molecule has 2 aromatic rings. The maximum atomic E-state index is 6.03. The number of benzene rings is 2. The third-order valence-electron chi connectivity index (χ3n) is 2.75. The summed E-state index contributed by atoms with van der Waals surface area (Å²) in [5.74, 6) is 1.44. The number of hydrogen-bond acceptors (Lipinski definition) is 4. The first-order valence-corrected chi connectivity index (χ1v) is 7.04. The summed E-state index contributed by atoms with van der Waals surface area (Å²) >= 11 is 9.50. The molecule has 0 unspecified atom stereocenters. The lowest BCUT2D eigenvalue weighted by Gasteiger charge is -2.03. The monoisotopic (exact) mass is 352 g/mol. The van der Waals surface area contributed by atoms with E-state index >= 15 is 0 Å². The summed E-state index contributed by atoms with van der Waals surface area (Å²) in [5, 5.41) is 4.79. The molecule has 1 aliphatic rings. The van der Waals surface area contributed by atoms with Crippen molar-refractivity contribution in [2.75, 3.05) is 12.2 Å². The molecule has 0 aromatic heterocycles. The van der Waals surface area contributed by atoms with Crippen molar-refractivity contribution in [2.24, 2.45) is 5.10 Å². The van der Waals surface area contributed by atoms with Crippen LogP contribution in [0.3, 0.4) is 0 Å². The van der Waals surface area contributed by atoms with Gasteiger partial charge in [0.05, 0.1) is 16.9 Å². The number of nitrogens with zero attached hydrogens (tertiary/aromatic N) is 1. The summed E-state index contributed by atoms with van der Waals surface area (Å²) < 4.78 is 11.5. The Kier molecular flexibility index (Phi) is 3.80. The highest BCUT2D eigenvalue weighted by molar-refractivity contribution is 9.10. The molecule has 0 spiro atoms. The Morgan fingerprint density at radius 3 is 2.75 bits per heavy atom. The number of anilines is 1. The summed E-state index contributed by atoms with van der Waals surface area (Å²) in [6.45, 7) is 0.250. The van der Waals surface area contributed by atoms with Gasteiger partial charge in [-0.05, 0) is 40.2 Å². The molecule has 0 fully saturated rings. The van der Waals surface area contributed by atoms with E-state index in [9.17, 15) is 0 Å². The van der Waals surface area contributed by atoms with Gasteiger partial charge in [0.15, 0.2) is 11.5 Å². The number of hydrazone groups is 1. The quantitative estimate of drug-likeness (QED) is 0.661. The first kappa shape index (κ1) is 13.3. The zero-order chi connectivity index (χ0) is 13.9. The second-order valence-corrected chi connectivity index (χ2v) is 5.34. The smallest absolute Gasteiger partial charge is 0.231 e. The van der Waals surface area contributed by atoms with E-state index in [1.807, 2.05) is 30.3 Å². The molecule has 6 heteroatoms. The van der Waals surface area contributed by atoms with E-state index in [0.717, 1.165) is 21.5 Å². The number of nitrogens with one attached hydrogen (secondary N) is 1. The van der Waals surface area contributed by atoms with Gasteiger partial charge >= 0.3 is 0 Å². The van der Waals surface area contributed by atoms with Crippen LogP contribution in [0.25, 0.3) is 0 Å². The molecular formula is C14H10BrClN2O2. The van der Waals surface area contributed by atoms with Crippen molar-refractivity contribution in [2.45, 2.75) is 0 Å². The molecule has 0 amide bonds. The fourth-order valence-corrected chi connectivity index (χ4v) is 2.36. The van der Waals surface area contributed by atoms with E-state index in [2.05, 4.69) is 26.5 Å². The predicted molar refractivity (Wildman–Crippen MR) is 82.9 cm³/mol. The molecule has 0 atom stereocenters. The molecule has 2 aromatic carbocycles. The second-order valence-electron chi connectivity index (χ2n) is 4.08. The summed E-state index contributed by atoms with van der Waals surface area (Å²) in [6, 6.07) is 11.1. The van der Waals surface area contributed by atoms with Gasteiger partial charge in [0.25, 0.3) is 0 Å². The van der Waals surface area contributed by atoms with Crippen LogP contribution in [-0.2, 0) is 0 Å². The number of fused-ring (bicyclic) bond motifs is 1. The lowest BCUT2D eigenvalue weighted by atomic mass is 10.2. The Hall–Kier alpha value is -1.72. The average Bonchev–Trinajstić information content (AvgIpc) is 2.88. The van der Waals surface area contributed by atoms with E-state index in [1.54, 1.807) is 12.3 Å². The zero-order valence-electron chi connectivity index (χ0n) is 10.3. The van der Waals surface area contributed by atoms with E-state index in [1.165, 1.54) is 0 Å². The third-order valence-corrected chi connectivity index (χ3v) is 3.77. The van der Waals surface area contributed by atoms with Crippen LogP contribution in [0.2, 0.25) is 5.02 Å². The zero-order valence-corrected chi connectivity index (χ0v) is 12.6. The number of halogens is 2. The van der Waals surface area contributed by atoms with Gasteiger partial charge in [-0.1, -0.05) is 23.7 Å². The summed E-state index contributed by atoms with van der Waals surface area (Å²) in [6.07, 6.45) is 1.69. The van der Waals surface area contributed by atoms with Crippen LogP contribution >= 0.6 is 27.5 Å². The molecule has 0 aliphatic carbocycles. The van der Waals surface area contributed by atoms with Crippen molar-refractivity contribution in [3.05, 3.63) is 51.5 Å². The largest absolute Gasteiger partial charge is 0.454 e. The van der Waals surface area contributed by atoms with Crippen LogP contribution in [-0.4, -0.2) is 13.0 Å². The number of rotatable bonds is 3. The lowest BCUT2D eigenvalue weighted by Crippen LogP contribution is -1.93. The molecule has 20 heavy (non-hydrogen) atoms. The van der Waals surface area contributed by atoms with Gasteiger partial charge in [0, 0.05) is 10.0 Å². The topological polar surface area (TPSA) is 42.9 Å². The van der Waals surface area contributed by atoms with Gasteiger partial charge in [0.1, 0.15) is 0 Å². The minimum atomic E-state index is 0.250. The summed E-state index contributed by atoms with van der Waals surface area (Å²) in [5.41, 5.74) is 4.54. The number of hydrogen-bond donors (Lipinski definition) is 1. The van der Waals surface area contributed by atoms with E-state index in [4.69, 9.17) is 21.1 Å². The molecule has 1 N–H and O–H groups in total. The molecule has 102 valence electrons. The van der Waals surface area contributed by atoms with Crippen molar-refractivity contribution >= 4 is 39.4 Å². The highest BCUT2D eigenvalue weighted by Gasteiger charge is 2.15. The maximum Gasteiger partial charge on any atom is 0.231 e. The molecule has 0 saturated heterocycles. The fourth-order valence-electron chi connectivity index (χ4n) is 1.76. The van der Waals surface area contributed by atoms with Gasteiger partial charge in [0.2, 0.25) is 6.79 Å². The lowest BCUT2D eigenvalue weighted by molar-refractivity contribution is 0.174. The van der Waals surface area contributed by atoms with Gasteiger partial charge < -0.3 is 9.47 Å². The van der Waals surface area contributed by atoms with E-state index < -0.39 is 0 Å². The molecule has 4 nitrogen and oxygen atoms in total. The van der Waals surface area contributed by atoms with Gasteiger partial charge in [-0.25, -0.2) is 0 Å². The average molecular weight is 354 g/mol. The van der Waals surface area contributed by atoms with Crippen molar-refractivity contribution in [3.63, 3.8) is 0 Å².